The van der Waals surface area contributed by atoms with E-state index in [1.54, 1.807) is 0 Å². The van der Waals surface area contributed by atoms with Gasteiger partial charge in [0.25, 0.3) is 11.8 Å². The molecule has 1 aliphatic heterocycles. The number of hydrogen-bond acceptors (Lipinski definition) is 9. The molecule has 14 nitrogen and oxygen atoms in total. The summed E-state index contributed by atoms with van der Waals surface area (Å²) >= 11 is 0. The molecule has 0 aromatic rings. The van der Waals surface area contributed by atoms with Gasteiger partial charge in [0, 0.05) is 38.1 Å². The first kappa shape index (κ1) is 31.7. The third-order valence-electron chi connectivity index (χ3n) is 4.97. The van der Waals surface area contributed by atoms with Gasteiger partial charge >= 0.3 is 5.97 Å². The fraction of sp³-hybridized carbons (Fsp3) is 0.652. The van der Waals surface area contributed by atoms with Crippen LogP contribution in [-0.4, -0.2) is 110 Å². The Morgan fingerprint density at radius 3 is 1.97 bits per heavy atom. The molecule has 0 saturated carbocycles. The summed E-state index contributed by atoms with van der Waals surface area (Å²) in [7, 11) is 0. The van der Waals surface area contributed by atoms with Crippen LogP contribution in [-0.2, 0) is 43.0 Å². The van der Waals surface area contributed by atoms with Crippen LogP contribution in [0.5, 0.6) is 0 Å². The number of carbonyl (C=O) groups is 6. The number of hydrogen-bond donors (Lipinski definition) is 4. The van der Waals surface area contributed by atoms with Crippen LogP contribution < -0.4 is 16.0 Å². The number of carboxylic acids is 1. The highest BCUT2D eigenvalue weighted by atomic mass is 16.5. The number of amides is 5. The highest BCUT2D eigenvalue weighted by Gasteiger charge is 2.22. The minimum absolute atomic E-state index is 0.0344. The normalized spacial score (nSPS) is 14.4. The van der Waals surface area contributed by atoms with Crippen LogP contribution in [0.15, 0.2) is 12.2 Å². The molecule has 0 saturated heterocycles. The number of carbonyl (C=O) groups excluding carboxylic acids is 5. The van der Waals surface area contributed by atoms with Gasteiger partial charge in [-0.25, -0.2) is 0 Å². The van der Waals surface area contributed by atoms with E-state index in [0.29, 0.717) is 39.4 Å². The monoisotopic (exact) mass is 528 g/mol. The predicted molar refractivity (Wildman–Crippen MR) is 128 cm³/mol. The number of carboxylic acid groups (broad SMARTS) is 1. The molecule has 208 valence electrons. The molecule has 2 atom stereocenters. The molecule has 0 fully saturated rings. The topological polar surface area (TPSA) is 190 Å². The van der Waals surface area contributed by atoms with E-state index in [4.69, 9.17) is 19.3 Å². The van der Waals surface area contributed by atoms with Crippen molar-refractivity contribution in [2.24, 2.45) is 0 Å². The number of ether oxygens (including phenoxy) is 3. The summed E-state index contributed by atoms with van der Waals surface area (Å²) in [6.45, 7) is 4.96. The van der Waals surface area contributed by atoms with E-state index in [0.717, 1.165) is 4.90 Å². The van der Waals surface area contributed by atoms with Crippen molar-refractivity contribution in [1.82, 2.24) is 20.9 Å². The van der Waals surface area contributed by atoms with Crippen LogP contribution in [0.2, 0.25) is 0 Å². The Balaban J connectivity index is 1.90. The van der Waals surface area contributed by atoms with Gasteiger partial charge in [0.15, 0.2) is 0 Å². The zero-order valence-corrected chi connectivity index (χ0v) is 21.2. The third-order valence-corrected chi connectivity index (χ3v) is 4.97. The molecule has 0 aromatic heterocycles. The average molecular weight is 529 g/mol. The van der Waals surface area contributed by atoms with Crippen molar-refractivity contribution in [3.63, 3.8) is 0 Å². The Hall–Kier alpha value is -3.36. The molecule has 0 aromatic carbocycles. The quantitative estimate of drug-likeness (QED) is 0.105. The summed E-state index contributed by atoms with van der Waals surface area (Å²) in [4.78, 5) is 70.0. The predicted octanol–water partition coefficient (Wildman–Crippen LogP) is -1.66. The largest absolute Gasteiger partial charge is 0.480 e. The van der Waals surface area contributed by atoms with Gasteiger partial charge in [-0.15, -0.1) is 0 Å². The Labute approximate surface area is 215 Å². The summed E-state index contributed by atoms with van der Waals surface area (Å²) in [6.07, 6.45) is 3.03. The summed E-state index contributed by atoms with van der Waals surface area (Å²) in [5, 5.41) is 16.2. The van der Waals surface area contributed by atoms with Gasteiger partial charge in [0.1, 0.15) is 12.1 Å². The van der Waals surface area contributed by atoms with E-state index >= 15 is 0 Å². The maximum Gasteiger partial charge on any atom is 0.325 e. The van der Waals surface area contributed by atoms with Crippen molar-refractivity contribution in [3.8, 4) is 0 Å². The highest BCUT2D eigenvalue weighted by molar-refractivity contribution is 6.12. The van der Waals surface area contributed by atoms with E-state index in [2.05, 4.69) is 16.0 Å². The molecule has 1 rings (SSSR count). The SMILES string of the molecule is CC(NC(=O)C(C)NC(=O)CCOCCOCCOCCNC(=O)CCCN1C(=O)C=CC1=O)C(=O)O. The first-order chi connectivity index (χ1) is 17.6. The number of nitrogens with one attached hydrogen (secondary N) is 3. The molecule has 1 aliphatic rings. The van der Waals surface area contributed by atoms with Gasteiger partial charge in [-0.3, -0.25) is 33.7 Å². The molecular weight excluding hydrogens is 492 g/mol. The van der Waals surface area contributed by atoms with Crippen LogP contribution in [0.1, 0.15) is 33.1 Å². The molecule has 37 heavy (non-hydrogen) atoms. The molecule has 14 heteroatoms. The van der Waals surface area contributed by atoms with Crippen molar-refractivity contribution in [1.29, 1.82) is 0 Å². The fourth-order valence-electron chi connectivity index (χ4n) is 2.89. The van der Waals surface area contributed by atoms with Gasteiger partial charge in [-0.1, -0.05) is 0 Å². The lowest BCUT2D eigenvalue weighted by Crippen LogP contribution is -2.49. The minimum atomic E-state index is -1.17. The number of nitrogens with zero attached hydrogens (tertiary/aromatic N) is 1. The summed E-state index contributed by atoms with van der Waals surface area (Å²) in [5.74, 6) is -3.08. The maximum absolute atomic E-state index is 11.8. The summed E-state index contributed by atoms with van der Waals surface area (Å²) in [5.41, 5.74) is 0. The Bertz CT molecular complexity index is 814. The second kappa shape index (κ2) is 18.0. The zero-order valence-electron chi connectivity index (χ0n) is 21.2. The van der Waals surface area contributed by atoms with Crippen molar-refractivity contribution in [2.75, 3.05) is 52.7 Å². The molecule has 2 unspecified atom stereocenters. The lowest BCUT2D eigenvalue weighted by atomic mass is 10.2. The van der Waals surface area contributed by atoms with E-state index in [-0.39, 0.29) is 50.3 Å². The lowest BCUT2D eigenvalue weighted by molar-refractivity contribution is -0.141. The molecular formula is C23H36N4O10. The Morgan fingerprint density at radius 1 is 0.811 bits per heavy atom. The standard InChI is InChI=1S/C23H36N4O10/c1-16(22(32)26-17(2)23(33)34)25-19(29)7-10-35-12-14-37-15-13-36-11-8-24-18(28)4-3-9-27-20(30)5-6-21(27)31/h5-6,16-17H,3-4,7-15H2,1-2H3,(H,24,28)(H,25,29)(H,26,32)(H,33,34). The smallest absolute Gasteiger partial charge is 0.325 e. The average Bonchev–Trinajstić information content (AvgIpc) is 3.16. The second-order valence-corrected chi connectivity index (χ2v) is 8.06. The van der Waals surface area contributed by atoms with E-state index < -0.39 is 29.9 Å². The first-order valence-electron chi connectivity index (χ1n) is 12.0. The van der Waals surface area contributed by atoms with Crippen molar-refractivity contribution in [2.45, 2.75) is 45.2 Å². The minimum Gasteiger partial charge on any atom is -0.480 e. The molecule has 1 heterocycles. The number of rotatable bonds is 20. The maximum atomic E-state index is 11.8. The van der Waals surface area contributed by atoms with Crippen molar-refractivity contribution >= 4 is 35.5 Å². The van der Waals surface area contributed by atoms with Crippen LogP contribution in [0, 0.1) is 0 Å². The summed E-state index contributed by atoms with van der Waals surface area (Å²) < 4.78 is 16.0. The van der Waals surface area contributed by atoms with Gasteiger partial charge in [0.05, 0.1) is 39.6 Å². The zero-order chi connectivity index (χ0) is 27.6. The Kier molecular flexibility index (Phi) is 15.4. The van der Waals surface area contributed by atoms with Gasteiger partial charge in [-0.2, -0.15) is 0 Å². The van der Waals surface area contributed by atoms with Crippen LogP contribution in [0.3, 0.4) is 0 Å². The van der Waals surface area contributed by atoms with E-state index in [9.17, 15) is 28.8 Å². The number of imide groups is 1. The molecule has 0 spiro atoms. The van der Waals surface area contributed by atoms with E-state index in [1.165, 1.54) is 26.0 Å². The molecule has 0 aliphatic carbocycles. The molecule has 0 radical (unpaired) electrons. The van der Waals surface area contributed by atoms with Crippen molar-refractivity contribution < 1.29 is 48.1 Å². The number of aliphatic carboxylic acids is 1. The van der Waals surface area contributed by atoms with Crippen molar-refractivity contribution in [3.05, 3.63) is 12.2 Å². The first-order valence-corrected chi connectivity index (χ1v) is 12.0. The summed E-state index contributed by atoms with van der Waals surface area (Å²) in [6, 6.07) is -1.92. The van der Waals surface area contributed by atoms with Crippen LogP contribution >= 0.6 is 0 Å². The van der Waals surface area contributed by atoms with Gasteiger partial charge in [-0.05, 0) is 20.3 Å². The molecule has 4 N–H and O–H groups in total. The van der Waals surface area contributed by atoms with Crippen LogP contribution in [0.25, 0.3) is 0 Å². The second-order valence-electron chi connectivity index (χ2n) is 8.06. The van der Waals surface area contributed by atoms with E-state index in [1.807, 2.05) is 0 Å². The highest BCUT2D eigenvalue weighted by Crippen LogP contribution is 2.05. The fourth-order valence-corrected chi connectivity index (χ4v) is 2.89. The molecule has 0 bridgehead atoms. The lowest BCUT2D eigenvalue weighted by Gasteiger charge is -2.16. The molecule has 5 amide bonds. The van der Waals surface area contributed by atoms with Gasteiger partial charge in [0.2, 0.25) is 17.7 Å². The Morgan fingerprint density at radius 2 is 1.38 bits per heavy atom. The van der Waals surface area contributed by atoms with Gasteiger partial charge < -0.3 is 35.3 Å². The van der Waals surface area contributed by atoms with Crippen LogP contribution in [0.4, 0.5) is 0 Å². The third kappa shape index (κ3) is 14.1.